The summed E-state index contributed by atoms with van der Waals surface area (Å²) < 4.78 is 6.34. The lowest BCUT2D eigenvalue weighted by molar-refractivity contribution is 0.0698. The molecule has 164 valence electrons. The maximum Gasteiger partial charge on any atom is 0.337 e. The fraction of sp³-hybridized carbons (Fsp3) is 0.111. The molecule has 3 aromatic carbocycles. The monoisotopic (exact) mass is 438 g/mol. The smallest absolute Gasteiger partial charge is 0.337 e. The first-order valence-electron chi connectivity index (χ1n) is 10.7. The fourth-order valence-electron chi connectivity index (χ4n) is 4.27. The number of carboxylic acid groups (broad SMARTS) is 1. The van der Waals surface area contributed by atoms with E-state index in [0.29, 0.717) is 22.4 Å². The molecule has 0 saturated heterocycles. The van der Waals surface area contributed by atoms with E-state index in [1.54, 1.807) is 24.3 Å². The molecule has 0 radical (unpaired) electrons. The summed E-state index contributed by atoms with van der Waals surface area (Å²) in [4.78, 5) is 27.9. The van der Waals surface area contributed by atoms with Gasteiger partial charge >= 0.3 is 5.97 Å². The Morgan fingerprint density at radius 1 is 1.03 bits per heavy atom. The highest BCUT2D eigenvalue weighted by Gasteiger charge is 2.19. The van der Waals surface area contributed by atoms with E-state index in [9.17, 15) is 14.7 Å². The van der Waals surface area contributed by atoms with Gasteiger partial charge in [-0.15, -0.1) is 0 Å². The first-order valence-corrected chi connectivity index (χ1v) is 10.7. The van der Waals surface area contributed by atoms with Crippen LogP contribution >= 0.6 is 0 Å². The zero-order valence-corrected chi connectivity index (χ0v) is 18.2. The number of H-pyrrole nitrogens is 1. The minimum absolute atomic E-state index is 0.125. The van der Waals surface area contributed by atoms with Gasteiger partial charge in [-0.1, -0.05) is 36.4 Å². The van der Waals surface area contributed by atoms with E-state index in [-0.39, 0.29) is 17.0 Å². The van der Waals surface area contributed by atoms with Crippen LogP contribution in [0.3, 0.4) is 0 Å². The molecular weight excluding hydrogens is 416 g/mol. The fourth-order valence-corrected chi connectivity index (χ4v) is 4.27. The van der Waals surface area contributed by atoms with Crippen molar-refractivity contribution < 1.29 is 14.3 Å². The number of hydrogen-bond donors (Lipinski definition) is 3. The summed E-state index contributed by atoms with van der Waals surface area (Å²) in [7, 11) is 0. The zero-order valence-electron chi connectivity index (χ0n) is 18.2. The van der Waals surface area contributed by atoms with E-state index < -0.39 is 5.97 Å². The van der Waals surface area contributed by atoms with Crippen molar-refractivity contribution in [2.24, 2.45) is 0 Å². The number of nitrogens with one attached hydrogen (secondary N) is 2. The molecule has 6 heteroatoms. The van der Waals surface area contributed by atoms with Crippen molar-refractivity contribution in [2.75, 3.05) is 5.32 Å². The topological polar surface area (TPSA) is 95.3 Å². The second kappa shape index (κ2) is 7.98. The highest BCUT2D eigenvalue weighted by molar-refractivity contribution is 5.96. The average Bonchev–Trinajstić information content (AvgIpc) is 3.23. The minimum atomic E-state index is -1.01. The first kappa shape index (κ1) is 20.6. The van der Waals surface area contributed by atoms with Crippen LogP contribution in [0, 0.1) is 6.92 Å². The van der Waals surface area contributed by atoms with E-state index in [2.05, 4.69) is 10.3 Å². The van der Waals surface area contributed by atoms with E-state index in [4.69, 9.17) is 4.42 Å². The quantitative estimate of drug-likeness (QED) is 0.307. The number of anilines is 1. The van der Waals surface area contributed by atoms with Crippen LogP contribution in [0.25, 0.3) is 33.2 Å². The molecule has 5 rings (SSSR count). The van der Waals surface area contributed by atoms with Gasteiger partial charge in [-0.25, -0.2) is 4.79 Å². The summed E-state index contributed by atoms with van der Waals surface area (Å²) in [6, 6.07) is 19.6. The van der Waals surface area contributed by atoms with Crippen LogP contribution in [0.2, 0.25) is 0 Å². The third kappa shape index (κ3) is 3.65. The van der Waals surface area contributed by atoms with E-state index in [0.717, 1.165) is 27.6 Å². The van der Waals surface area contributed by atoms with Gasteiger partial charge in [-0.05, 0) is 43.7 Å². The molecule has 0 aliphatic rings. The molecule has 0 saturated carbocycles. The molecule has 0 fully saturated rings. The molecule has 3 N–H and O–H groups in total. The molecule has 33 heavy (non-hydrogen) atoms. The normalized spacial score (nSPS) is 12.2. The van der Waals surface area contributed by atoms with Crippen molar-refractivity contribution in [2.45, 2.75) is 19.9 Å². The number of aromatic nitrogens is 1. The molecule has 5 aromatic rings. The van der Waals surface area contributed by atoms with Crippen LogP contribution in [-0.2, 0) is 0 Å². The van der Waals surface area contributed by atoms with Gasteiger partial charge in [0.2, 0.25) is 0 Å². The molecule has 6 nitrogen and oxygen atoms in total. The molecule has 0 spiro atoms. The molecule has 1 atom stereocenters. The van der Waals surface area contributed by atoms with Crippen LogP contribution in [0.5, 0.6) is 0 Å². The maximum absolute atomic E-state index is 13.1. The number of carbonyl (C=O) groups is 1. The summed E-state index contributed by atoms with van der Waals surface area (Å²) in [6.07, 6.45) is 1.84. The molecular formula is C27H22N2O4. The van der Waals surface area contributed by atoms with E-state index >= 15 is 0 Å². The summed E-state index contributed by atoms with van der Waals surface area (Å²) in [5.41, 5.74) is 4.52. The van der Waals surface area contributed by atoms with Gasteiger partial charge in [0.15, 0.2) is 5.43 Å². The summed E-state index contributed by atoms with van der Waals surface area (Å²) in [5, 5.41) is 14.3. The van der Waals surface area contributed by atoms with Crippen molar-refractivity contribution in [3.8, 4) is 11.3 Å². The second-order valence-corrected chi connectivity index (χ2v) is 8.17. The van der Waals surface area contributed by atoms with Crippen LogP contribution < -0.4 is 10.7 Å². The average molecular weight is 438 g/mol. The molecule has 0 aliphatic carbocycles. The van der Waals surface area contributed by atoms with Crippen LogP contribution in [0.4, 0.5) is 5.69 Å². The number of aromatic amines is 1. The van der Waals surface area contributed by atoms with Crippen molar-refractivity contribution >= 4 is 33.5 Å². The summed E-state index contributed by atoms with van der Waals surface area (Å²) in [5.74, 6) is -0.527. The maximum atomic E-state index is 13.1. The Kier molecular flexibility index (Phi) is 4.98. The van der Waals surface area contributed by atoms with E-state index in [1.165, 1.54) is 6.07 Å². The Labute approximate surface area is 189 Å². The zero-order chi connectivity index (χ0) is 23.1. The predicted molar refractivity (Wildman–Crippen MR) is 130 cm³/mol. The van der Waals surface area contributed by atoms with Gasteiger partial charge in [0, 0.05) is 40.0 Å². The number of fused-ring (bicyclic) bond motifs is 2. The Morgan fingerprint density at radius 2 is 1.79 bits per heavy atom. The van der Waals surface area contributed by atoms with Gasteiger partial charge < -0.3 is 19.8 Å². The van der Waals surface area contributed by atoms with Gasteiger partial charge in [0.05, 0.1) is 17.0 Å². The number of hydrogen-bond acceptors (Lipinski definition) is 4. The lowest BCUT2D eigenvalue weighted by Crippen LogP contribution is -2.12. The molecule has 2 heterocycles. The number of benzene rings is 3. The Balaban J connectivity index is 1.66. The third-order valence-corrected chi connectivity index (χ3v) is 5.85. The van der Waals surface area contributed by atoms with Gasteiger partial charge in [0.1, 0.15) is 11.3 Å². The number of rotatable bonds is 5. The molecule has 0 bridgehead atoms. The predicted octanol–water partition coefficient (Wildman–Crippen LogP) is 6.12. The molecule has 0 unspecified atom stereocenters. The molecule has 2 aromatic heterocycles. The van der Waals surface area contributed by atoms with Gasteiger partial charge in [-0.2, -0.15) is 0 Å². The van der Waals surface area contributed by atoms with E-state index in [1.807, 2.05) is 56.4 Å². The van der Waals surface area contributed by atoms with Crippen molar-refractivity contribution in [1.82, 2.24) is 4.98 Å². The summed E-state index contributed by atoms with van der Waals surface area (Å²) in [6.45, 7) is 3.85. The van der Waals surface area contributed by atoms with Crippen molar-refractivity contribution in [3.63, 3.8) is 0 Å². The SMILES string of the molecule is Cc1cc([C@@H](C)Nc2ccccc2C(=O)O)c2oc(-c3c[nH]c4ccccc34)cc(=O)c2c1. The number of aryl methyl sites for hydroxylation is 1. The number of para-hydroxylation sites is 2. The highest BCUT2D eigenvalue weighted by Crippen LogP contribution is 2.33. The van der Waals surface area contributed by atoms with Gasteiger partial charge in [0.25, 0.3) is 0 Å². The lowest BCUT2D eigenvalue weighted by Gasteiger charge is -2.19. The third-order valence-electron chi connectivity index (χ3n) is 5.85. The summed E-state index contributed by atoms with van der Waals surface area (Å²) >= 11 is 0. The Hall–Kier alpha value is -4.32. The molecule has 0 aliphatic heterocycles. The Morgan fingerprint density at radius 3 is 2.61 bits per heavy atom. The lowest BCUT2D eigenvalue weighted by atomic mass is 10.00. The number of aromatic carboxylic acids is 1. The minimum Gasteiger partial charge on any atom is -0.478 e. The highest BCUT2D eigenvalue weighted by atomic mass is 16.4. The van der Waals surface area contributed by atoms with Crippen LogP contribution in [0.15, 0.2) is 82.1 Å². The van der Waals surface area contributed by atoms with Crippen molar-refractivity contribution in [1.29, 1.82) is 0 Å². The molecule has 0 amide bonds. The largest absolute Gasteiger partial charge is 0.478 e. The van der Waals surface area contributed by atoms with Crippen LogP contribution in [-0.4, -0.2) is 16.1 Å². The second-order valence-electron chi connectivity index (χ2n) is 8.17. The van der Waals surface area contributed by atoms with Crippen LogP contribution in [0.1, 0.15) is 34.5 Å². The van der Waals surface area contributed by atoms with Gasteiger partial charge in [-0.3, -0.25) is 4.79 Å². The van der Waals surface area contributed by atoms with Crippen molar-refractivity contribution in [3.05, 3.63) is 99.8 Å². The number of carboxylic acids is 1. The first-order chi connectivity index (χ1) is 15.9. The Bertz CT molecular complexity index is 1580. The standard InChI is InChI=1S/C27H22N2O4/c1-15-11-19(16(2)29-23-10-6-4-8-18(23)27(31)32)26-20(12-15)24(30)13-25(33-26)21-14-28-22-9-5-3-7-17(21)22/h3-14,16,28-29H,1-2H3,(H,31,32)/t16-/m1/s1.